The molecule has 0 aliphatic rings. The van der Waals surface area contributed by atoms with E-state index in [4.69, 9.17) is 0 Å². The molecule has 5 rings (SSSR count). The van der Waals surface area contributed by atoms with Crippen LogP contribution in [0.2, 0.25) is 0 Å². The van der Waals surface area contributed by atoms with Gasteiger partial charge in [0.25, 0.3) is 0 Å². The number of nitrogens with one attached hydrogen (secondary N) is 4. The van der Waals surface area contributed by atoms with Gasteiger partial charge in [-0.2, -0.15) is 0 Å². The third-order valence-electron chi connectivity index (χ3n) is 6.29. The highest BCUT2D eigenvalue weighted by molar-refractivity contribution is 5.71. The summed E-state index contributed by atoms with van der Waals surface area (Å²) >= 11 is 0. The number of H-pyrrole nitrogens is 4. The molecule has 14 N–H and O–H groups in total. The maximum absolute atomic E-state index is 11.3. The minimum Gasteiger partial charge on any atom is -1.00 e. The van der Waals surface area contributed by atoms with Crippen LogP contribution >= 0.6 is 0 Å². The van der Waals surface area contributed by atoms with E-state index in [2.05, 4.69) is 19.9 Å². The van der Waals surface area contributed by atoms with Crippen molar-refractivity contribution in [3.63, 3.8) is 0 Å². The molecule has 0 amide bonds. The van der Waals surface area contributed by atoms with Gasteiger partial charge in [0.15, 0.2) is 47.6 Å². The Hall–Kier alpha value is -3.98. The molecule has 0 saturated carbocycles. The van der Waals surface area contributed by atoms with Crippen LogP contribution < -0.4 is 79.4 Å². The molecular weight excluding hydrogens is 682 g/mol. The van der Waals surface area contributed by atoms with Crippen molar-refractivity contribution >= 4 is 11.4 Å². The Bertz CT molecular complexity index is 1280. The molecule has 0 aliphatic carbocycles. The number of anilines is 2. The van der Waals surface area contributed by atoms with Crippen LogP contribution in [0.25, 0.3) is 0 Å². The average Bonchev–Trinajstić information content (AvgIpc) is 2.96. The van der Waals surface area contributed by atoms with Crippen LogP contribution in [-0.2, 0) is 26.2 Å². The standard InChI is InChI=1S/C30H28N6O2.4ClH.4H2O/c37-29-18-28(36(21-25-11-3-7-15-33-25)22-26-12-4-8-16-34-26)30(38)17-27(29)35(19-23-9-1-5-13-31-23)20-24-10-2-6-14-32-24;;;;;;;;/h1-18,37-38H,19-22H2;4*1H;4*1H2. The summed E-state index contributed by atoms with van der Waals surface area (Å²) in [6.45, 7) is 2.05. The summed E-state index contributed by atoms with van der Waals surface area (Å²) in [5.41, 5.74) is 5.00. The van der Waals surface area contributed by atoms with E-state index in [0.29, 0.717) is 37.6 Å². The Morgan fingerprint density at radius 3 is 0.848 bits per heavy atom. The maximum atomic E-state index is 11.3. The van der Waals surface area contributed by atoms with Crippen LogP contribution in [0.3, 0.4) is 0 Å². The lowest BCUT2D eigenvalue weighted by molar-refractivity contribution is -0.393. The summed E-state index contributed by atoms with van der Waals surface area (Å²) in [6.07, 6.45) is 7.51. The van der Waals surface area contributed by atoms with E-state index >= 15 is 0 Å². The molecular formula is C30H40Cl4N6O6. The Morgan fingerprint density at radius 1 is 0.413 bits per heavy atom. The fourth-order valence-corrected chi connectivity index (χ4v) is 4.45. The molecule has 4 heterocycles. The summed E-state index contributed by atoms with van der Waals surface area (Å²) in [4.78, 5) is 17.1. The van der Waals surface area contributed by atoms with Crippen LogP contribution in [0.15, 0.2) is 110 Å². The van der Waals surface area contributed by atoms with Crippen molar-refractivity contribution in [2.75, 3.05) is 9.80 Å². The van der Waals surface area contributed by atoms with E-state index in [1.54, 1.807) is 12.1 Å². The summed E-state index contributed by atoms with van der Waals surface area (Å²) in [5, 5.41) is 22.6. The Kier molecular flexibility index (Phi) is 25.8. The number of phenolic OH excluding ortho intramolecular Hbond substituents is 2. The first-order valence-corrected chi connectivity index (χ1v) is 12.5. The minimum atomic E-state index is 0. The molecule has 1 aromatic carbocycles. The predicted molar refractivity (Wildman–Crippen MR) is 156 cm³/mol. The lowest BCUT2D eigenvalue weighted by Crippen LogP contribution is -3.00. The van der Waals surface area contributed by atoms with Gasteiger partial charge in [0, 0.05) is 60.7 Å². The molecule has 0 bridgehead atoms. The van der Waals surface area contributed by atoms with Crippen LogP contribution in [-0.4, -0.2) is 32.1 Å². The predicted octanol–water partition coefficient (Wildman–Crippen LogP) is -12.5. The fraction of sp³-hybridized carbons (Fsp3) is 0.133. The molecule has 12 nitrogen and oxygen atoms in total. The number of hydrogen-bond donors (Lipinski definition) is 2. The molecule has 46 heavy (non-hydrogen) atoms. The molecule has 4 aromatic heterocycles. The molecule has 0 fully saturated rings. The number of halogens is 4. The van der Waals surface area contributed by atoms with E-state index < -0.39 is 0 Å². The zero-order valence-electron chi connectivity index (χ0n) is 24.5. The summed E-state index contributed by atoms with van der Waals surface area (Å²) in [5.74, 6) is 0.174. The number of phenols is 2. The van der Waals surface area contributed by atoms with Crippen LogP contribution in [0.5, 0.6) is 11.5 Å². The van der Waals surface area contributed by atoms with Crippen LogP contribution in [0.4, 0.5) is 11.4 Å². The van der Waals surface area contributed by atoms with E-state index in [1.807, 2.05) is 107 Å². The van der Waals surface area contributed by atoms with Crippen molar-refractivity contribution in [1.82, 2.24) is 0 Å². The second-order valence-electron chi connectivity index (χ2n) is 9.09. The van der Waals surface area contributed by atoms with Gasteiger partial charge in [-0.3, -0.25) is 0 Å². The molecule has 16 heteroatoms. The number of pyridine rings is 4. The van der Waals surface area contributed by atoms with Gasteiger partial charge in [-0.25, -0.2) is 19.9 Å². The topological polar surface area (TPSA) is 230 Å². The number of nitrogens with zero attached hydrogens (tertiary/aromatic N) is 2. The first-order chi connectivity index (χ1) is 18.7. The Balaban J connectivity index is -0.00000110. The Morgan fingerprint density at radius 2 is 0.652 bits per heavy atom. The van der Waals surface area contributed by atoms with Crippen LogP contribution in [0, 0.1) is 0 Å². The molecule has 0 radical (unpaired) electrons. The van der Waals surface area contributed by atoms with Crippen molar-refractivity contribution in [3.05, 3.63) is 132 Å². The zero-order valence-corrected chi connectivity index (χ0v) is 27.5. The smallest absolute Gasteiger partial charge is 0.199 e. The van der Waals surface area contributed by atoms with Gasteiger partial charge >= 0.3 is 0 Å². The summed E-state index contributed by atoms with van der Waals surface area (Å²) in [7, 11) is 0. The number of hydrogen-bond acceptors (Lipinski definition) is 4. The van der Waals surface area contributed by atoms with Crippen LogP contribution in [0.1, 0.15) is 22.8 Å². The summed E-state index contributed by atoms with van der Waals surface area (Å²) in [6, 6.07) is 26.9. The van der Waals surface area contributed by atoms with Gasteiger partial charge in [0.2, 0.25) is 0 Å². The highest BCUT2D eigenvalue weighted by Crippen LogP contribution is 2.40. The molecule has 0 saturated heterocycles. The number of aromatic amines is 4. The monoisotopic (exact) mass is 720 g/mol. The van der Waals surface area contributed by atoms with Gasteiger partial charge in [-0.1, -0.05) is 24.3 Å². The molecule has 5 aromatic rings. The van der Waals surface area contributed by atoms with E-state index in [-0.39, 0.29) is 83.0 Å². The largest absolute Gasteiger partial charge is 1.00 e. The van der Waals surface area contributed by atoms with Gasteiger partial charge in [0.05, 0.1) is 11.4 Å². The second-order valence-corrected chi connectivity index (χ2v) is 9.09. The van der Waals surface area contributed by atoms with Gasteiger partial charge < -0.3 is 91.5 Å². The van der Waals surface area contributed by atoms with Gasteiger partial charge in [-0.15, -0.1) is 0 Å². The number of aromatic nitrogens is 4. The molecule has 254 valence electrons. The first kappa shape index (κ1) is 48.9. The lowest BCUT2D eigenvalue weighted by Gasteiger charge is -2.26. The number of aromatic hydroxyl groups is 2. The van der Waals surface area contributed by atoms with Crippen molar-refractivity contribution in [1.29, 1.82) is 0 Å². The highest BCUT2D eigenvalue weighted by atomic mass is 35.5. The quantitative estimate of drug-likeness (QED) is 0.134. The average molecular weight is 722 g/mol. The molecule has 0 unspecified atom stereocenters. The third-order valence-corrected chi connectivity index (χ3v) is 6.29. The van der Waals surface area contributed by atoms with Crippen molar-refractivity contribution in [2.45, 2.75) is 26.2 Å². The van der Waals surface area contributed by atoms with Crippen molar-refractivity contribution in [2.24, 2.45) is 0 Å². The molecule has 0 atom stereocenters. The van der Waals surface area contributed by atoms with Crippen molar-refractivity contribution in [3.8, 4) is 11.5 Å². The summed E-state index contributed by atoms with van der Waals surface area (Å²) < 4.78 is 0. The number of rotatable bonds is 10. The lowest BCUT2D eigenvalue weighted by atomic mass is 10.1. The van der Waals surface area contributed by atoms with Gasteiger partial charge in [-0.05, 0) is 0 Å². The molecule has 0 spiro atoms. The first-order valence-electron chi connectivity index (χ1n) is 12.5. The third kappa shape index (κ3) is 13.2. The van der Waals surface area contributed by atoms with Gasteiger partial charge in [0.1, 0.15) is 37.7 Å². The second kappa shape index (κ2) is 24.3. The van der Waals surface area contributed by atoms with Crippen molar-refractivity contribution < 1.29 is 102 Å². The minimum absolute atomic E-state index is 0. The Labute approximate surface area is 292 Å². The normalized spacial score (nSPS) is 8.87. The van der Waals surface area contributed by atoms with E-state index in [1.165, 1.54) is 0 Å². The van der Waals surface area contributed by atoms with E-state index in [9.17, 15) is 10.2 Å². The molecule has 0 aliphatic heterocycles. The van der Waals surface area contributed by atoms with E-state index in [0.717, 1.165) is 22.8 Å². The highest BCUT2D eigenvalue weighted by Gasteiger charge is 2.23. The SMILES string of the molecule is O.O.O.O.Oc1cc(N(Cc2cccc[nH+]2)Cc2cccc[nH+]2)c(O)cc1N(Cc1cccc[nH+]1)Cc1cccc[nH+]1.[Cl-].[Cl-].[Cl-].[Cl-]. The number of benzene rings is 1. The fourth-order valence-electron chi connectivity index (χ4n) is 4.45. The zero-order chi connectivity index (χ0) is 26.2. The maximum Gasteiger partial charge on any atom is 0.199 e.